The average Bonchev–Trinajstić information content (AvgIpc) is 2.86. The van der Waals surface area contributed by atoms with Crippen molar-refractivity contribution >= 4 is 28.4 Å². The highest BCUT2D eigenvalue weighted by atomic mass is 35.5. The molecular formula is C18H17ClN2O2. The van der Waals surface area contributed by atoms with E-state index < -0.39 is 5.91 Å². The Labute approximate surface area is 139 Å². The van der Waals surface area contributed by atoms with Crippen LogP contribution in [0.5, 0.6) is 5.75 Å². The third-order valence-corrected chi connectivity index (χ3v) is 4.31. The van der Waals surface area contributed by atoms with E-state index in [9.17, 15) is 4.79 Å². The number of carbonyl (C=O) groups excluding carboxylic acids is 1. The number of methoxy groups -OCH3 is 1. The van der Waals surface area contributed by atoms with Crippen molar-refractivity contribution in [1.29, 1.82) is 0 Å². The Balaban J connectivity index is 2.40. The molecule has 0 aliphatic heterocycles. The van der Waals surface area contributed by atoms with Crippen LogP contribution in [0.15, 0.2) is 36.5 Å². The Kier molecular flexibility index (Phi) is 3.78. The zero-order valence-electron chi connectivity index (χ0n) is 13.2. The van der Waals surface area contributed by atoms with E-state index in [-0.39, 0.29) is 0 Å². The van der Waals surface area contributed by atoms with Crippen molar-refractivity contribution in [2.45, 2.75) is 13.8 Å². The summed E-state index contributed by atoms with van der Waals surface area (Å²) in [5.41, 5.74) is 9.91. The van der Waals surface area contributed by atoms with Gasteiger partial charge in [-0.2, -0.15) is 0 Å². The summed E-state index contributed by atoms with van der Waals surface area (Å²) >= 11 is 6.08. The number of nitrogens with two attached hydrogens (primary N) is 1. The summed E-state index contributed by atoms with van der Waals surface area (Å²) in [4.78, 5) is 11.8. The number of ether oxygens (including phenoxy) is 1. The number of nitrogens with zero attached hydrogens (tertiary/aromatic N) is 1. The molecule has 0 unspecified atom stereocenters. The van der Waals surface area contributed by atoms with Gasteiger partial charge in [0, 0.05) is 22.2 Å². The molecule has 4 nitrogen and oxygen atoms in total. The molecule has 3 aromatic rings. The fourth-order valence-electron chi connectivity index (χ4n) is 2.99. The molecule has 118 valence electrons. The second-order valence-corrected chi connectivity index (χ2v) is 5.93. The summed E-state index contributed by atoms with van der Waals surface area (Å²) < 4.78 is 7.39. The van der Waals surface area contributed by atoms with Crippen LogP contribution < -0.4 is 10.5 Å². The summed E-state index contributed by atoms with van der Waals surface area (Å²) in [6.45, 7) is 4.01. The Morgan fingerprint density at radius 2 is 1.96 bits per heavy atom. The number of halogens is 1. The lowest BCUT2D eigenvalue weighted by molar-refractivity contribution is 0.100. The van der Waals surface area contributed by atoms with Crippen molar-refractivity contribution in [1.82, 2.24) is 4.57 Å². The molecular weight excluding hydrogens is 312 g/mol. The fraction of sp³-hybridized carbons (Fsp3) is 0.167. The van der Waals surface area contributed by atoms with Crippen LogP contribution in [0.3, 0.4) is 0 Å². The zero-order valence-corrected chi connectivity index (χ0v) is 13.9. The van der Waals surface area contributed by atoms with Crippen molar-refractivity contribution in [2.75, 3.05) is 7.11 Å². The van der Waals surface area contributed by atoms with Gasteiger partial charge in [-0.15, -0.1) is 0 Å². The second-order valence-electron chi connectivity index (χ2n) is 5.50. The third kappa shape index (κ3) is 2.45. The highest BCUT2D eigenvalue weighted by Crippen LogP contribution is 2.33. The van der Waals surface area contributed by atoms with E-state index in [1.807, 2.05) is 36.6 Å². The molecule has 0 fully saturated rings. The van der Waals surface area contributed by atoms with Crippen molar-refractivity contribution in [3.05, 3.63) is 58.2 Å². The minimum absolute atomic E-state index is 0.448. The first-order valence-electron chi connectivity index (χ1n) is 7.19. The van der Waals surface area contributed by atoms with Gasteiger partial charge in [-0.3, -0.25) is 4.79 Å². The van der Waals surface area contributed by atoms with Gasteiger partial charge in [0.15, 0.2) is 0 Å². The van der Waals surface area contributed by atoms with Crippen LogP contribution in [0.4, 0.5) is 0 Å². The predicted molar refractivity (Wildman–Crippen MR) is 92.8 cm³/mol. The smallest absolute Gasteiger partial charge is 0.250 e. The summed E-state index contributed by atoms with van der Waals surface area (Å²) in [5.74, 6) is 0.316. The van der Waals surface area contributed by atoms with E-state index in [0.717, 1.165) is 33.5 Å². The summed E-state index contributed by atoms with van der Waals surface area (Å²) in [6, 6.07) is 9.38. The number of hydrogen-bond acceptors (Lipinski definition) is 2. The number of aromatic nitrogens is 1. The van der Waals surface area contributed by atoms with E-state index >= 15 is 0 Å². The molecule has 0 aliphatic rings. The Morgan fingerprint density at radius 3 is 2.61 bits per heavy atom. The number of primary amides is 1. The van der Waals surface area contributed by atoms with Crippen LogP contribution in [-0.2, 0) is 0 Å². The standard InChI is InChI=1S/C18H17ClN2O2/c1-10-4-7-16(23-3)11(2)17(10)21-9-14(18(20)22)13-8-12(19)5-6-15(13)21/h4-9H,1-3H3,(H2,20,22). The number of benzene rings is 2. The SMILES string of the molecule is COc1ccc(C)c(-n2cc(C(N)=O)c3cc(Cl)ccc32)c1C. The highest BCUT2D eigenvalue weighted by Gasteiger charge is 2.17. The normalized spacial score (nSPS) is 11.0. The number of rotatable bonds is 3. The first-order valence-corrected chi connectivity index (χ1v) is 7.56. The van der Waals surface area contributed by atoms with E-state index in [1.165, 1.54) is 0 Å². The molecule has 1 heterocycles. The van der Waals surface area contributed by atoms with Crippen molar-refractivity contribution in [2.24, 2.45) is 5.73 Å². The number of aryl methyl sites for hydroxylation is 1. The summed E-state index contributed by atoms with van der Waals surface area (Å²) in [6.07, 6.45) is 1.76. The molecule has 1 aromatic heterocycles. The Morgan fingerprint density at radius 1 is 1.22 bits per heavy atom. The van der Waals surface area contributed by atoms with Gasteiger partial charge in [0.1, 0.15) is 5.75 Å². The average molecular weight is 329 g/mol. The van der Waals surface area contributed by atoms with E-state index in [0.29, 0.717) is 10.6 Å². The van der Waals surface area contributed by atoms with Gasteiger partial charge in [0.2, 0.25) is 0 Å². The quantitative estimate of drug-likeness (QED) is 0.789. The lowest BCUT2D eigenvalue weighted by atomic mass is 10.1. The van der Waals surface area contributed by atoms with Crippen LogP contribution in [0, 0.1) is 13.8 Å². The molecule has 0 atom stereocenters. The molecule has 0 spiro atoms. The van der Waals surface area contributed by atoms with Gasteiger partial charge in [-0.05, 0) is 43.7 Å². The molecule has 1 amide bonds. The lowest BCUT2D eigenvalue weighted by Crippen LogP contribution is -2.10. The molecule has 0 bridgehead atoms. The molecule has 0 saturated heterocycles. The molecule has 2 N–H and O–H groups in total. The van der Waals surface area contributed by atoms with E-state index in [2.05, 4.69) is 0 Å². The lowest BCUT2D eigenvalue weighted by Gasteiger charge is -2.15. The van der Waals surface area contributed by atoms with Crippen LogP contribution in [0.1, 0.15) is 21.5 Å². The zero-order chi connectivity index (χ0) is 16.7. The van der Waals surface area contributed by atoms with Gasteiger partial charge in [0.25, 0.3) is 5.91 Å². The molecule has 23 heavy (non-hydrogen) atoms. The number of hydrogen-bond donors (Lipinski definition) is 1. The largest absolute Gasteiger partial charge is 0.496 e. The van der Waals surface area contributed by atoms with E-state index in [4.69, 9.17) is 22.1 Å². The first kappa shape index (κ1) is 15.4. The fourth-order valence-corrected chi connectivity index (χ4v) is 3.16. The minimum atomic E-state index is -0.478. The van der Waals surface area contributed by atoms with E-state index in [1.54, 1.807) is 25.4 Å². The molecule has 3 rings (SSSR count). The van der Waals surface area contributed by atoms with Gasteiger partial charge in [-0.1, -0.05) is 17.7 Å². The maximum atomic E-state index is 11.8. The van der Waals surface area contributed by atoms with Crippen LogP contribution in [-0.4, -0.2) is 17.6 Å². The molecule has 0 aliphatic carbocycles. The Bertz CT molecular complexity index is 928. The maximum absolute atomic E-state index is 11.8. The third-order valence-electron chi connectivity index (χ3n) is 4.08. The van der Waals surface area contributed by atoms with Crippen LogP contribution in [0.25, 0.3) is 16.6 Å². The molecule has 0 saturated carbocycles. The van der Waals surface area contributed by atoms with Crippen LogP contribution >= 0.6 is 11.6 Å². The number of carbonyl (C=O) groups is 1. The first-order chi connectivity index (χ1) is 10.9. The second kappa shape index (κ2) is 5.63. The van der Waals surface area contributed by atoms with Gasteiger partial charge >= 0.3 is 0 Å². The van der Waals surface area contributed by atoms with Gasteiger partial charge in [0.05, 0.1) is 23.9 Å². The van der Waals surface area contributed by atoms with Gasteiger partial charge < -0.3 is 15.0 Å². The monoisotopic (exact) mass is 328 g/mol. The highest BCUT2D eigenvalue weighted by molar-refractivity contribution is 6.31. The predicted octanol–water partition coefficient (Wildman–Crippen LogP) is 4.01. The molecule has 2 aromatic carbocycles. The topological polar surface area (TPSA) is 57.2 Å². The summed E-state index contributed by atoms with van der Waals surface area (Å²) in [7, 11) is 1.64. The Hall–Kier alpha value is -2.46. The maximum Gasteiger partial charge on any atom is 0.250 e. The van der Waals surface area contributed by atoms with Crippen molar-refractivity contribution in [3.8, 4) is 11.4 Å². The molecule has 5 heteroatoms. The van der Waals surface area contributed by atoms with Gasteiger partial charge in [-0.25, -0.2) is 0 Å². The minimum Gasteiger partial charge on any atom is -0.496 e. The number of fused-ring (bicyclic) bond motifs is 1. The summed E-state index contributed by atoms with van der Waals surface area (Å²) in [5, 5.41) is 1.31. The van der Waals surface area contributed by atoms with Crippen LogP contribution in [0.2, 0.25) is 5.02 Å². The molecule has 0 radical (unpaired) electrons. The number of amides is 1. The van der Waals surface area contributed by atoms with Crippen molar-refractivity contribution in [3.63, 3.8) is 0 Å². The van der Waals surface area contributed by atoms with Crippen molar-refractivity contribution < 1.29 is 9.53 Å².